The topological polar surface area (TPSA) is 67.1 Å². The van der Waals surface area contributed by atoms with Gasteiger partial charge in [-0.05, 0) is 49.5 Å². The van der Waals surface area contributed by atoms with Gasteiger partial charge in [0.15, 0.2) is 11.8 Å². The molecule has 0 bridgehead atoms. The minimum atomic E-state index is 0. The number of fused-ring (bicyclic) bond motifs is 1. The monoisotopic (exact) mass is 514 g/mol. The maximum atomic E-state index is 4.82. The minimum Gasteiger partial charge on any atom is -0.354 e. The lowest BCUT2D eigenvalue weighted by Gasteiger charge is -2.33. The van der Waals surface area contributed by atoms with Crippen molar-refractivity contribution in [2.45, 2.75) is 64.6 Å². The number of halogens is 1. The fraction of sp³-hybridized carbons (Fsp3) is 0.650. The lowest BCUT2D eigenvalue weighted by Crippen LogP contribution is -2.45. The van der Waals surface area contributed by atoms with Gasteiger partial charge in [-0.1, -0.05) is 25.3 Å². The Morgan fingerprint density at radius 2 is 2.11 bits per heavy atom. The van der Waals surface area contributed by atoms with Crippen LogP contribution in [-0.4, -0.2) is 26.8 Å². The maximum Gasteiger partial charge on any atom is 0.192 e. The molecule has 0 aromatic carbocycles. The fourth-order valence-electron chi connectivity index (χ4n) is 4.50. The molecule has 0 saturated heterocycles. The van der Waals surface area contributed by atoms with E-state index in [1.165, 1.54) is 43.4 Å². The van der Waals surface area contributed by atoms with Gasteiger partial charge in [0.25, 0.3) is 0 Å². The minimum absolute atomic E-state index is 0. The van der Waals surface area contributed by atoms with Crippen molar-refractivity contribution in [2.24, 2.45) is 23.9 Å². The number of thiophene rings is 1. The van der Waals surface area contributed by atoms with Gasteiger partial charge in [0.2, 0.25) is 0 Å². The molecule has 2 aliphatic rings. The Bertz CT molecular complexity index is 772. The lowest BCUT2D eigenvalue weighted by atomic mass is 9.79. The van der Waals surface area contributed by atoms with Crippen LogP contribution in [0.3, 0.4) is 0 Å². The Kier molecular flexibility index (Phi) is 7.73. The number of aryl methyl sites for hydroxylation is 1. The Morgan fingerprint density at radius 1 is 1.25 bits per heavy atom. The third-order valence-electron chi connectivity index (χ3n) is 6.20. The number of aromatic nitrogens is 3. The Balaban J connectivity index is 0.00000225. The Morgan fingerprint density at radius 3 is 2.86 bits per heavy atom. The highest BCUT2D eigenvalue weighted by Gasteiger charge is 2.34. The summed E-state index contributed by atoms with van der Waals surface area (Å²) >= 11 is 1.77. The molecule has 0 amide bonds. The zero-order valence-electron chi connectivity index (χ0n) is 16.7. The van der Waals surface area contributed by atoms with E-state index in [-0.39, 0.29) is 24.0 Å². The Labute approximate surface area is 188 Å². The van der Waals surface area contributed by atoms with Crippen LogP contribution in [0.1, 0.15) is 55.1 Å². The summed E-state index contributed by atoms with van der Waals surface area (Å²) in [6, 6.07) is 4.78. The van der Waals surface area contributed by atoms with Gasteiger partial charge >= 0.3 is 0 Å². The molecule has 2 aromatic heterocycles. The van der Waals surface area contributed by atoms with Gasteiger partial charge in [-0.25, -0.2) is 4.99 Å². The van der Waals surface area contributed by atoms with E-state index >= 15 is 0 Å². The van der Waals surface area contributed by atoms with Gasteiger partial charge < -0.3 is 15.2 Å². The molecule has 28 heavy (non-hydrogen) atoms. The summed E-state index contributed by atoms with van der Waals surface area (Å²) in [5.41, 5.74) is 0. The second-order valence-electron chi connectivity index (χ2n) is 7.93. The van der Waals surface area contributed by atoms with Crippen LogP contribution in [0.15, 0.2) is 22.5 Å². The number of guanidine groups is 1. The van der Waals surface area contributed by atoms with Crippen LogP contribution in [0.4, 0.5) is 0 Å². The lowest BCUT2D eigenvalue weighted by molar-refractivity contribution is 0.239. The van der Waals surface area contributed by atoms with Crippen LogP contribution in [-0.2, 0) is 20.1 Å². The first-order chi connectivity index (χ1) is 13.2. The summed E-state index contributed by atoms with van der Waals surface area (Å²) in [5.74, 6) is 4.59. The Hall–Kier alpha value is -1.16. The molecule has 2 N–H and O–H groups in total. The van der Waals surface area contributed by atoms with Crippen molar-refractivity contribution in [3.63, 3.8) is 0 Å². The molecule has 154 valence electrons. The van der Waals surface area contributed by atoms with Crippen molar-refractivity contribution in [3.8, 4) is 0 Å². The van der Waals surface area contributed by atoms with E-state index in [1.807, 2.05) is 18.5 Å². The molecule has 2 heterocycles. The highest BCUT2D eigenvalue weighted by Crippen LogP contribution is 2.42. The molecule has 2 aliphatic carbocycles. The predicted octanol–water partition coefficient (Wildman–Crippen LogP) is 4.01. The van der Waals surface area contributed by atoms with Crippen LogP contribution in [0, 0.1) is 18.8 Å². The molecule has 2 saturated carbocycles. The first-order valence-electron chi connectivity index (χ1n) is 10.1. The zero-order chi connectivity index (χ0) is 18.6. The maximum absolute atomic E-state index is 4.82. The molecule has 4 rings (SSSR count). The first-order valence-corrected chi connectivity index (χ1v) is 11.0. The smallest absolute Gasteiger partial charge is 0.192 e. The van der Waals surface area contributed by atoms with Gasteiger partial charge in [-0.3, -0.25) is 0 Å². The van der Waals surface area contributed by atoms with Crippen LogP contribution in [0.2, 0.25) is 0 Å². The summed E-state index contributed by atoms with van der Waals surface area (Å²) in [7, 11) is 1.99. The van der Waals surface area contributed by atoms with Gasteiger partial charge in [-0.2, -0.15) is 0 Å². The number of nitrogens with zero attached hydrogens (tertiary/aromatic N) is 4. The number of hydrogen-bond acceptors (Lipinski definition) is 4. The summed E-state index contributed by atoms with van der Waals surface area (Å²) in [6.45, 7) is 3.31. The average Bonchev–Trinajstić information content (AvgIpc) is 3.41. The largest absolute Gasteiger partial charge is 0.354 e. The highest BCUT2D eigenvalue weighted by atomic mass is 127. The van der Waals surface area contributed by atoms with Crippen molar-refractivity contribution in [1.29, 1.82) is 0 Å². The zero-order valence-corrected chi connectivity index (χ0v) is 19.9. The van der Waals surface area contributed by atoms with E-state index in [2.05, 4.69) is 38.3 Å². The number of nitrogens with one attached hydrogen (secondary N) is 2. The molecule has 2 aromatic rings. The van der Waals surface area contributed by atoms with E-state index in [9.17, 15) is 0 Å². The molecule has 0 aliphatic heterocycles. The van der Waals surface area contributed by atoms with E-state index in [1.54, 1.807) is 11.3 Å². The first kappa shape index (κ1) is 21.5. The SMILES string of the molecule is Cc1nnc(CN=C(NCc2cccs2)NC2CCC3CCCC3C2)n1C.I. The van der Waals surface area contributed by atoms with Crippen LogP contribution in [0.25, 0.3) is 0 Å². The average molecular weight is 514 g/mol. The number of rotatable bonds is 5. The van der Waals surface area contributed by atoms with Crippen molar-refractivity contribution in [1.82, 2.24) is 25.4 Å². The molecule has 6 nitrogen and oxygen atoms in total. The van der Waals surface area contributed by atoms with E-state index < -0.39 is 0 Å². The quantitative estimate of drug-likeness (QED) is 0.360. The molecule has 8 heteroatoms. The summed E-state index contributed by atoms with van der Waals surface area (Å²) < 4.78 is 2.00. The third-order valence-corrected chi connectivity index (χ3v) is 7.08. The summed E-state index contributed by atoms with van der Waals surface area (Å²) in [4.78, 5) is 6.14. The molecule has 0 radical (unpaired) electrons. The van der Waals surface area contributed by atoms with E-state index in [0.29, 0.717) is 12.6 Å². The van der Waals surface area contributed by atoms with Crippen molar-refractivity contribution >= 4 is 41.3 Å². The van der Waals surface area contributed by atoms with Crippen molar-refractivity contribution in [3.05, 3.63) is 34.0 Å². The predicted molar refractivity (Wildman–Crippen MR) is 125 cm³/mol. The van der Waals surface area contributed by atoms with Crippen LogP contribution in [0.5, 0.6) is 0 Å². The normalized spacial score (nSPS) is 24.5. The molecule has 2 fully saturated rings. The molecule has 0 spiro atoms. The van der Waals surface area contributed by atoms with E-state index in [4.69, 9.17) is 4.99 Å². The van der Waals surface area contributed by atoms with Crippen LogP contribution >= 0.6 is 35.3 Å². The second kappa shape index (κ2) is 10.0. The van der Waals surface area contributed by atoms with Gasteiger partial charge in [0.05, 0.1) is 6.54 Å². The number of aliphatic imine (C=N–C) groups is 1. The van der Waals surface area contributed by atoms with E-state index in [0.717, 1.165) is 36.0 Å². The number of hydrogen-bond donors (Lipinski definition) is 2. The highest BCUT2D eigenvalue weighted by molar-refractivity contribution is 14.0. The van der Waals surface area contributed by atoms with Crippen molar-refractivity contribution in [2.75, 3.05) is 0 Å². The van der Waals surface area contributed by atoms with Crippen LogP contribution < -0.4 is 10.6 Å². The third kappa shape index (κ3) is 5.25. The van der Waals surface area contributed by atoms with Gasteiger partial charge in [0.1, 0.15) is 12.4 Å². The van der Waals surface area contributed by atoms with Crippen molar-refractivity contribution < 1.29 is 0 Å². The fourth-order valence-corrected chi connectivity index (χ4v) is 5.15. The summed E-state index contributed by atoms with van der Waals surface area (Å²) in [5, 5.41) is 17.7. The molecular formula is C20H31IN6S. The second-order valence-corrected chi connectivity index (χ2v) is 8.96. The molecule has 3 atom stereocenters. The van der Waals surface area contributed by atoms with Gasteiger partial charge in [-0.15, -0.1) is 45.5 Å². The van der Waals surface area contributed by atoms with Gasteiger partial charge in [0, 0.05) is 18.0 Å². The molecule has 3 unspecified atom stereocenters. The summed E-state index contributed by atoms with van der Waals surface area (Å²) in [6.07, 6.45) is 8.18. The molecular weight excluding hydrogens is 483 g/mol. The standard InChI is InChI=1S/C20H30N6S.HI/c1-14-24-25-19(26(14)2)13-22-20(21-12-18-7-4-10-27-18)23-17-9-8-15-5-3-6-16(15)11-17;/h4,7,10,15-17H,3,5-6,8-9,11-13H2,1-2H3,(H2,21,22,23);1H.